The Balaban J connectivity index is 3.48. The van der Waals surface area contributed by atoms with Crippen LogP contribution in [-0.4, -0.2) is 39.3 Å². The monoisotopic (exact) mass is 552 g/mol. The number of carboxylic acid groups (broad SMARTS) is 1. The van der Waals surface area contributed by atoms with Crippen LogP contribution in [0.25, 0.3) is 0 Å². The summed E-state index contributed by atoms with van der Waals surface area (Å²) in [6, 6.07) is 0. The van der Waals surface area contributed by atoms with Crippen molar-refractivity contribution < 1.29 is 24.9 Å². The van der Waals surface area contributed by atoms with Gasteiger partial charge in [-0.3, -0.25) is 9.59 Å². The second kappa shape index (κ2) is 27.0. The molecule has 0 aliphatic rings. The van der Waals surface area contributed by atoms with E-state index < -0.39 is 24.1 Å². The molecule has 5 heteroatoms. The Labute approximate surface area is 241 Å². The van der Waals surface area contributed by atoms with Crippen molar-refractivity contribution in [3.8, 4) is 0 Å². The summed E-state index contributed by atoms with van der Waals surface area (Å²) < 4.78 is 0. The predicted octanol–water partition coefficient (Wildman–Crippen LogP) is 9.33. The molecule has 0 fully saturated rings. The van der Waals surface area contributed by atoms with E-state index in [0.717, 1.165) is 19.3 Å². The molecule has 0 aromatic heterocycles. The molecule has 0 aromatic carbocycles. The molecule has 0 aliphatic heterocycles. The van der Waals surface area contributed by atoms with E-state index in [9.17, 15) is 19.8 Å². The molecule has 0 saturated heterocycles. The third-order valence-electron chi connectivity index (χ3n) is 8.03. The van der Waals surface area contributed by atoms with E-state index in [2.05, 4.69) is 6.92 Å². The Morgan fingerprint density at radius 2 is 0.974 bits per heavy atom. The van der Waals surface area contributed by atoms with Gasteiger partial charge in [0.15, 0.2) is 5.78 Å². The minimum absolute atomic E-state index is 0.363. The number of hydrogen-bond donors (Lipinski definition) is 3. The molecule has 0 spiro atoms. The van der Waals surface area contributed by atoms with Crippen LogP contribution < -0.4 is 0 Å². The van der Waals surface area contributed by atoms with Gasteiger partial charge in [-0.1, -0.05) is 135 Å². The van der Waals surface area contributed by atoms with Crippen molar-refractivity contribution in [1.82, 2.24) is 0 Å². The number of carboxylic acids is 1. The zero-order valence-corrected chi connectivity index (χ0v) is 25.9. The highest BCUT2D eigenvalue weighted by molar-refractivity contribution is 6.07. The first kappa shape index (κ1) is 37.8. The molecule has 0 amide bonds. The Bertz CT molecular complexity index is 615. The van der Waals surface area contributed by atoms with Crippen molar-refractivity contribution in [3.63, 3.8) is 0 Å². The van der Waals surface area contributed by atoms with Crippen molar-refractivity contribution in [3.05, 3.63) is 11.6 Å². The van der Waals surface area contributed by atoms with Gasteiger partial charge >= 0.3 is 5.97 Å². The summed E-state index contributed by atoms with van der Waals surface area (Å²) in [6.45, 7) is 5.32. The maximum atomic E-state index is 11.9. The van der Waals surface area contributed by atoms with E-state index >= 15 is 0 Å². The zero-order valence-electron chi connectivity index (χ0n) is 25.9. The fraction of sp³-hybridized carbons (Fsp3) is 0.882. The molecule has 1 unspecified atom stereocenters. The van der Waals surface area contributed by atoms with E-state index in [1.165, 1.54) is 116 Å². The van der Waals surface area contributed by atoms with Crippen LogP contribution in [0, 0.1) is 5.92 Å². The van der Waals surface area contributed by atoms with Crippen LogP contribution in [0.5, 0.6) is 0 Å². The summed E-state index contributed by atoms with van der Waals surface area (Å²) in [5.41, 5.74) is 0.462. The van der Waals surface area contributed by atoms with Crippen molar-refractivity contribution in [2.24, 2.45) is 5.92 Å². The maximum absolute atomic E-state index is 11.9. The van der Waals surface area contributed by atoms with E-state index in [1.807, 2.05) is 0 Å². The fourth-order valence-electron chi connectivity index (χ4n) is 5.23. The number of carbonyl (C=O) groups excluding carboxylic acids is 1. The number of rotatable bonds is 29. The number of Topliss-reactive ketones (excluding diaryl/α,β-unsaturated/α-hetero) is 1. The number of hydrogen-bond acceptors (Lipinski definition) is 4. The van der Waals surface area contributed by atoms with E-state index in [0.29, 0.717) is 31.3 Å². The number of ketones is 1. The molecule has 0 saturated carbocycles. The highest BCUT2D eigenvalue weighted by Gasteiger charge is 2.21. The van der Waals surface area contributed by atoms with Crippen LogP contribution in [-0.2, 0) is 9.59 Å². The number of aliphatic hydroxyl groups excluding tert-OH is 2. The lowest BCUT2D eigenvalue weighted by atomic mass is 9.98. The topological polar surface area (TPSA) is 94.8 Å². The number of unbranched alkanes of at least 4 members (excludes halogenated alkanes) is 19. The first-order valence-corrected chi connectivity index (χ1v) is 16.6. The van der Waals surface area contributed by atoms with Gasteiger partial charge in [0.1, 0.15) is 5.92 Å². The average Bonchev–Trinajstić information content (AvgIpc) is 2.91. The highest BCUT2D eigenvalue weighted by Crippen LogP contribution is 2.17. The largest absolute Gasteiger partial charge is 0.481 e. The van der Waals surface area contributed by atoms with Gasteiger partial charge in [0.2, 0.25) is 0 Å². The first-order valence-electron chi connectivity index (χ1n) is 16.6. The standard InChI is InChI=1S/C34H64O5/c1-4-5-6-7-8-9-10-11-12-13-14-15-16-17-18-19-20-21-22-26-31(35)28-32(36)27-24-23-25-29(2)33(37)30(3)34(38)39/h25,30-32,35-36H,4-24,26-28H2,1-3H3,(H,38,39)/b29-25+/t30?,31-,32-/m1/s1. The van der Waals surface area contributed by atoms with Crippen molar-refractivity contribution in [2.75, 3.05) is 0 Å². The molecule has 5 nitrogen and oxygen atoms in total. The van der Waals surface area contributed by atoms with Crippen molar-refractivity contribution in [2.45, 2.75) is 187 Å². The van der Waals surface area contributed by atoms with Gasteiger partial charge in [0.25, 0.3) is 0 Å². The van der Waals surface area contributed by atoms with Crippen LogP contribution in [0.3, 0.4) is 0 Å². The van der Waals surface area contributed by atoms with Crippen LogP contribution in [0.15, 0.2) is 11.6 Å². The molecular formula is C34H64O5. The van der Waals surface area contributed by atoms with Crippen LogP contribution >= 0.6 is 0 Å². The second-order valence-electron chi connectivity index (χ2n) is 11.9. The van der Waals surface area contributed by atoms with Crippen LogP contribution in [0.4, 0.5) is 0 Å². The van der Waals surface area contributed by atoms with Gasteiger partial charge in [-0.15, -0.1) is 0 Å². The molecule has 0 aliphatic carbocycles. The first-order chi connectivity index (χ1) is 18.8. The van der Waals surface area contributed by atoms with Gasteiger partial charge in [-0.25, -0.2) is 0 Å². The molecule has 3 atom stereocenters. The Hall–Kier alpha value is -1.20. The van der Waals surface area contributed by atoms with Gasteiger partial charge in [-0.2, -0.15) is 0 Å². The average molecular weight is 553 g/mol. The van der Waals surface area contributed by atoms with Gasteiger partial charge in [0.05, 0.1) is 12.2 Å². The second-order valence-corrected chi connectivity index (χ2v) is 11.9. The lowest BCUT2D eigenvalue weighted by molar-refractivity contribution is -0.144. The number of allylic oxidation sites excluding steroid dienone is 2. The summed E-state index contributed by atoms with van der Waals surface area (Å²) >= 11 is 0. The van der Waals surface area contributed by atoms with Gasteiger partial charge < -0.3 is 15.3 Å². The third-order valence-corrected chi connectivity index (χ3v) is 8.03. The molecule has 230 valence electrons. The molecule has 0 heterocycles. The molecular weight excluding hydrogens is 488 g/mol. The van der Waals surface area contributed by atoms with Crippen LogP contribution in [0.2, 0.25) is 0 Å². The molecule has 0 bridgehead atoms. The molecule has 3 N–H and O–H groups in total. The van der Waals surface area contributed by atoms with E-state index in [4.69, 9.17) is 5.11 Å². The van der Waals surface area contributed by atoms with Crippen molar-refractivity contribution >= 4 is 11.8 Å². The summed E-state index contributed by atoms with van der Waals surface area (Å²) in [6.07, 6.45) is 29.5. The molecule has 0 rings (SSSR count). The summed E-state index contributed by atoms with van der Waals surface area (Å²) in [4.78, 5) is 22.8. The Morgan fingerprint density at radius 3 is 1.36 bits per heavy atom. The molecule has 0 aromatic rings. The Kier molecular flexibility index (Phi) is 26.2. The van der Waals surface area contributed by atoms with Crippen LogP contribution in [0.1, 0.15) is 175 Å². The normalized spacial score (nSPS) is 14.3. The minimum Gasteiger partial charge on any atom is -0.481 e. The lowest BCUT2D eigenvalue weighted by Gasteiger charge is -2.15. The smallest absolute Gasteiger partial charge is 0.314 e. The number of aliphatic carboxylic acids is 1. The predicted molar refractivity (Wildman–Crippen MR) is 164 cm³/mol. The SMILES string of the molecule is CCCCCCCCCCCCCCCCCCCCC[C@@H](O)C[C@H](O)CCC/C=C(\C)C(=O)C(C)C(=O)O. The molecule has 0 radical (unpaired) electrons. The Morgan fingerprint density at radius 1 is 0.615 bits per heavy atom. The molecule has 39 heavy (non-hydrogen) atoms. The fourth-order valence-corrected chi connectivity index (χ4v) is 5.23. The van der Waals surface area contributed by atoms with Gasteiger partial charge in [-0.05, 0) is 51.5 Å². The quantitative estimate of drug-likeness (QED) is 0.0488. The zero-order chi connectivity index (χ0) is 29.1. The summed E-state index contributed by atoms with van der Waals surface area (Å²) in [5.74, 6) is -2.49. The summed E-state index contributed by atoms with van der Waals surface area (Å²) in [7, 11) is 0. The van der Waals surface area contributed by atoms with E-state index in [1.54, 1.807) is 13.0 Å². The van der Waals surface area contributed by atoms with E-state index in [-0.39, 0.29) is 5.78 Å². The minimum atomic E-state index is -1.11. The summed E-state index contributed by atoms with van der Waals surface area (Å²) in [5, 5.41) is 29.3. The van der Waals surface area contributed by atoms with Gasteiger partial charge in [0, 0.05) is 0 Å². The number of carbonyl (C=O) groups is 2. The lowest BCUT2D eigenvalue weighted by Crippen LogP contribution is -2.21. The third kappa shape index (κ3) is 24.3. The maximum Gasteiger partial charge on any atom is 0.314 e. The number of aliphatic hydroxyl groups is 2. The van der Waals surface area contributed by atoms with Crippen molar-refractivity contribution in [1.29, 1.82) is 0 Å². The highest BCUT2D eigenvalue weighted by atomic mass is 16.4.